The Bertz CT molecular complexity index is 1060. The third-order valence-corrected chi connectivity index (χ3v) is 4.04. The highest BCUT2D eigenvalue weighted by molar-refractivity contribution is 6.03. The minimum Gasteiger partial charge on any atom is -0.383 e. The summed E-state index contributed by atoms with van der Waals surface area (Å²) in [4.78, 5) is 36.2. The number of para-hydroxylation sites is 1. The van der Waals surface area contributed by atoms with Crippen LogP contribution in [0.15, 0.2) is 71.5 Å². The summed E-state index contributed by atoms with van der Waals surface area (Å²) in [6, 6.07) is 18.0. The van der Waals surface area contributed by atoms with Gasteiger partial charge in [-0.05, 0) is 42.5 Å². The summed E-state index contributed by atoms with van der Waals surface area (Å²) in [5.41, 5.74) is 1.55. The Morgan fingerprint density at radius 2 is 1.47 bits per heavy atom. The molecule has 0 bridgehead atoms. The second-order valence-electron chi connectivity index (χ2n) is 6.25. The number of methoxy groups -OCH3 is 1. The van der Waals surface area contributed by atoms with Crippen LogP contribution in [0.4, 0.5) is 21.9 Å². The van der Waals surface area contributed by atoms with E-state index in [1.54, 1.807) is 36.4 Å². The fourth-order valence-corrected chi connectivity index (χ4v) is 2.55. The van der Waals surface area contributed by atoms with Gasteiger partial charge < -0.3 is 20.7 Å². The zero-order valence-electron chi connectivity index (χ0n) is 16.3. The minimum absolute atomic E-state index is 0.107. The standard InChI is InChI=1S/C21H21N5O4/c1-30-14-13-26-19(27)12-11-18(25-26)20(28)22-16-7-9-17(10-8-16)24-21(29)23-15-5-3-2-4-6-15/h2-12H,13-14H2,1H3,(H,22,28)(H2,23,24,29). The lowest BCUT2D eigenvalue weighted by atomic mass is 10.2. The van der Waals surface area contributed by atoms with E-state index in [4.69, 9.17) is 4.74 Å². The van der Waals surface area contributed by atoms with Crippen molar-refractivity contribution in [2.45, 2.75) is 6.54 Å². The molecular formula is C21H21N5O4. The Morgan fingerprint density at radius 1 is 0.867 bits per heavy atom. The second kappa shape index (κ2) is 9.99. The minimum atomic E-state index is -0.455. The van der Waals surface area contributed by atoms with Gasteiger partial charge in [0.15, 0.2) is 0 Å². The van der Waals surface area contributed by atoms with E-state index in [2.05, 4.69) is 21.0 Å². The number of anilines is 3. The van der Waals surface area contributed by atoms with Crippen molar-refractivity contribution in [3.05, 3.63) is 82.8 Å². The molecule has 3 amide bonds. The predicted molar refractivity (Wildman–Crippen MR) is 114 cm³/mol. The molecule has 0 saturated heterocycles. The Balaban J connectivity index is 1.59. The first-order valence-electron chi connectivity index (χ1n) is 9.17. The van der Waals surface area contributed by atoms with Gasteiger partial charge >= 0.3 is 6.03 Å². The van der Waals surface area contributed by atoms with Gasteiger partial charge in [-0.1, -0.05) is 18.2 Å². The van der Waals surface area contributed by atoms with Crippen LogP contribution in [-0.2, 0) is 11.3 Å². The molecular weight excluding hydrogens is 386 g/mol. The quantitative estimate of drug-likeness (QED) is 0.557. The summed E-state index contributed by atoms with van der Waals surface area (Å²) in [5, 5.41) is 12.2. The van der Waals surface area contributed by atoms with E-state index in [1.165, 1.54) is 23.9 Å². The van der Waals surface area contributed by atoms with Gasteiger partial charge in [-0.3, -0.25) is 9.59 Å². The number of nitrogens with zero attached hydrogens (tertiary/aromatic N) is 2. The van der Waals surface area contributed by atoms with Crippen molar-refractivity contribution in [2.75, 3.05) is 29.7 Å². The lowest BCUT2D eigenvalue weighted by Crippen LogP contribution is -2.27. The van der Waals surface area contributed by atoms with Crippen molar-refractivity contribution in [1.29, 1.82) is 0 Å². The SMILES string of the molecule is COCCn1nc(C(=O)Nc2ccc(NC(=O)Nc3ccccc3)cc2)ccc1=O. The lowest BCUT2D eigenvalue weighted by Gasteiger charge is -2.10. The summed E-state index contributed by atoms with van der Waals surface area (Å²) in [7, 11) is 1.52. The number of carbonyl (C=O) groups excluding carboxylic acids is 2. The van der Waals surface area contributed by atoms with Gasteiger partial charge in [0.25, 0.3) is 11.5 Å². The van der Waals surface area contributed by atoms with E-state index in [0.717, 1.165) is 0 Å². The van der Waals surface area contributed by atoms with Crippen molar-refractivity contribution in [2.24, 2.45) is 0 Å². The lowest BCUT2D eigenvalue weighted by molar-refractivity contribution is 0.101. The van der Waals surface area contributed by atoms with E-state index >= 15 is 0 Å². The van der Waals surface area contributed by atoms with Gasteiger partial charge in [0.2, 0.25) is 0 Å². The van der Waals surface area contributed by atoms with Gasteiger partial charge in [0.1, 0.15) is 5.69 Å². The number of rotatable bonds is 7. The fraction of sp³-hybridized carbons (Fsp3) is 0.143. The summed E-state index contributed by atoms with van der Waals surface area (Å²) < 4.78 is 6.11. The maximum absolute atomic E-state index is 12.4. The largest absolute Gasteiger partial charge is 0.383 e. The zero-order chi connectivity index (χ0) is 21.3. The molecule has 0 aliphatic carbocycles. The van der Waals surface area contributed by atoms with E-state index in [-0.39, 0.29) is 23.8 Å². The first-order valence-corrected chi connectivity index (χ1v) is 9.17. The Labute approximate surface area is 172 Å². The molecule has 9 nitrogen and oxygen atoms in total. The molecule has 0 radical (unpaired) electrons. The highest BCUT2D eigenvalue weighted by Gasteiger charge is 2.10. The van der Waals surface area contributed by atoms with Gasteiger partial charge in [-0.2, -0.15) is 5.10 Å². The van der Waals surface area contributed by atoms with Crippen LogP contribution in [-0.4, -0.2) is 35.4 Å². The molecule has 1 aromatic heterocycles. The third kappa shape index (κ3) is 5.76. The number of hydrogen-bond donors (Lipinski definition) is 3. The van der Waals surface area contributed by atoms with Crippen LogP contribution in [0, 0.1) is 0 Å². The summed E-state index contributed by atoms with van der Waals surface area (Å²) in [5.74, 6) is -0.455. The number of benzene rings is 2. The molecule has 0 atom stereocenters. The van der Waals surface area contributed by atoms with Gasteiger partial charge in [0, 0.05) is 30.2 Å². The Morgan fingerprint density at radius 3 is 2.10 bits per heavy atom. The van der Waals surface area contributed by atoms with Crippen LogP contribution in [0.3, 0.4) is 0 Å². The van der Waals surface area contributed by atoms with Gasteiger partial charge in [-0.25, -0.2) is 9.48 Å². The average Bonchev–Trinajstić information content (AvgIpc) is 2.75. The fourth-order valence-electron chi connectivity index (χ4n) is 2.55. The zero-order valence-corrected chi connectivity index (χ0v) is 16.3. The van der Waals surface area contributed by atoms with Crippen LogP contribution >= 0.6 is 0 Å². The average molecular weight is 407 g/mol. The number of aromatic nitrogens is 2. The van der Waals surface area contributed by atoms with E-state index in [9.17, 15) is 14.4 Å². The molecule has 1 heterocycles. The predicted octanol–water partition coefficient (Wildman–Crippen LogP) is 2.79. The topological polar surface area (TPSA) is 114 Å². The van der Waals surface area contributed by atoms with Gasteiger partial charge in [-0.15, -0.1) is 0 Å². The second-order valence-corrected chi connectivity index (χ2v) is 6.25. The number of amides is 3. The molecule has 0 aliphatic heterocycles. The molecule has 3 aromatic rings. The van der Waals surface area contributed by atoms with E-state index in [1.807, 2.05) is 18.2 Å². The molecule has 0 fully saturated rings. The number of nitrogens with one attached hydrogen (secondary N) is 3. The smallest absolute Gasteiger partial charge is 0.323 e. The first kappa shape index (κ1) is 20.7. The molecule has 0 saturated carbocycles. The molecule has 9 heteroatoms. The normalized spacial score (nSPS) is 10.3. The molecule has 0 spiro atoms. The Kier molecular flexibility index (Phi) is 6.91. The molecule has 30 heavy (non-hydrogen) atoms. The molecule has 2 aromatic carbocycles. The van der Waals surface area contributed by atoms with Crippen molar-refractivity contribution in [1.82, 2.24) is 9.78 Å². The molecule has 3 rings (SSSR count). The monoisotopic (exact) mass is 407 g/mol. The molecule has 0 aliphatic rings. The van der Waals surface area contributed by atoms with Crippen molar-refractivity contribution >= 4 is 29.0 Å². The highest BCUT2D eigenvalue weighted by Crippen LogP contribution is 2.15. The van der Waals surface area contributed by atoms with Crippen molar-refractivity contribution in [3.63, 3.8) is 0 Å². The van der Waals surface area contributed by atoms with Crippen LogP contribution in [0.25, 0.3) is 0 Å². The maximum atomic E-state index is 12.4. The third-order valence-electron chi connectivity index (χ3n) is 4.04. The van der Waals surface area contributed by atoms with Crippen LogP contribution < -0.4 is 21.5 Å². The Hall–Kier alpha value is -3.98. The van der Waals surface area contributed by atoms with Crippen molar-refractivity contribution < 1.29 is 14.3 Å². The number of carbonyl (C=O) groups is 2. The summed E-state index contributed by atoms with van der Waals surface area (Å²) in [6.45, 7) is 0.562. The highest BCUT2D eigenvalue weighted by atomic mass is 16.5. The summed E-state index contributed by atoms with van der Waals surface area (Å²) >= 11 is 0. The van der Waals surface area contributed by atoms with E-state index < -0.39 is 5.91 Å². The van der Waals surface area contributed by atoms with E-state index in [0.29, 0.717) is 23.7 Å². The number of hydrogen-bond acceptors (Lipinski definition) is 5. The first-order chi connectivity index (χ1) is 14.5. The molecule has 3 N–H and O–H groups in total. The van der Waals surface area contributed by atoms with Crippen molar-refractivity contribution in [3.8, 4) is 0 Å². The summed E-state index contributed by atoms with van der Waals surface area (Å²) in [6.07, 6.45) is 0. The van der Waals surface area contributed by atoms with Crippen LogP contribution in [0.2, 0.25) is 0 Å². The van der Waals surface area contributed by atoms with Crippen LogP contribution in [0.5, 0.6) is 0 Å². The number of urea groups is 1. The van der Waals surface area contributed by atoms with Gasteiger partial charge in [0.05, 0.1) is 13.2 Å². The van der Waals surface area contributed by atoms with Crippen LogP contribution in [0.1, 0.15) is 10.5 Å². The maximum Gasteiger partial charge on any atom is 0.323 e. The molecule has 154 valence electrons. The molecule has 0 unspecified atom stereocenters. The number of ether oxygens (including phenoxy) is 1.